The number of carbonyl (C=O) groups excluding carboxylic acids is 1. The summed E-state index contributed by atoms with van der Waals surface area (Å²) in [4.78, 5) is 11.9. The van der Waals surface area contributed by atoms with Gasteiger partial charge in [-0.1, -0.05) is 28.5 Å². The van der Waals surface area contributed by atoms with E-state index in [4.69, 9.17) is 4.18 Å². The molecule has 0 N–H and O–H groups in total. The smallest absolute Gasteiger partial charge is 0.313 e. The fourth-order valence-corrected chi connectivity index (χ4v) is 2.59. The predicted molar refractivity (Wildman–Crippen MR) is 55.9 cm³/mol. The lowest BCUT2D eigenvalue weighted by atomic mass is 10.4. The third-order valence-corrected chi connectivity index (χ3v) is 3.70. The van der Waals surface area contributed by atoms with Gasteiger partial charge in [0.15, 0.2) is 0 Å². The molecule has 13 heavy (non-hydrogen) atoms. The van der Waals surface area contributed by atoms with Gasteiger partial charge in [0.2, 0.25) is 0 Å². The van der Waals surface area contributed by atoms with Crippen molar-refractivity contribution in [1.82, 2.24) is 0 Å². The Morgan fingerprint density at radius 1 is 1.23 bits per heavy atom. The first-order valence-corrected chi connectivity index (χ1v) is 6.38. The van der Waals surface area contributed by atoms with Crippen LogP contribution in [0.15, 0.2) is 35.2 Å². The van der Waals surface area contributed by atoms with Crippen LogP contribution in [0, 0.1) is 0 Å². The molecule has 0 radical (unpaired) electrons. The van der Waals surface area contributed by atoms with E-state index >= 15 is 0 Å². The summed E-state index contributed by atoms with van der Waals surface area (Å²) in [6.07, 6.45) is 3.92. The van der Waals surface area contributed by atoms with Crippen LogP contribution in [0.1, 0.15) is 6.92 Å². The Hall–Kier alpha value is -0.960. The van der Waals surface area contributed by atoms with E-state index in [1.165, 1.54) is 6.92 Å². The lowest BCUT2D eigenvalue weighted by Gasteiger charge is -2.29. The first kappa shape index (κ1) is 10.1. The average Bonchev–Trinajstić information content (AvgIpc) is 2.04. The van der Waals surface area contributed by atoms with E-state index in [0.717, 1.165) is 4.90 Å². The molecule has 0 aliphatic rings. The lowest BCUT2D eigenvalue weighted by Crippen LogP contribution is -2.05. The molecule has 0 saturated carbocycles. The SMILES string of the molecule is CC(=O)OS(C)(C)c1ccccc1. The standard InChI is InChI=1S/C10H14O2S/c1-9(11)12-13(2,3)10-7-5-4-6-8-10/h4-8H,1-3H3. The van der Waals surface area contributed by atoms with E-state index in [9.17, 15) is 4.79 Å². The molecule has 0 spiro atoms. The number of benzene rings is 1. The van der Waals surface area contributed by atoms with Crippen LogP contribution in [0.5, 0.6) is 0 Å². The van der Waals surface area contributed by atoms with Gasteiger partial charge in [0.1, 0.15) is 0 Å². The van der Waals surface area contributed by atoms with Crippen molar-refractivity contribution in [2.24, 2.45) is 0 Å². The molecule has 0 aliphatic carbocycles. The molecule has 0 atom stereocenters. The van der Waals surface area contributed by atoms with E-state index in [0.29, 0.717) is 0 Å². The van der Waals surface area contributed by atoms with Crippen LogP contribution in [0.4, 0.5) is 0 Å². The Kier molecular flexibility index (Phi) is 2.98. The van der Waals surface area contributed by atoms with Crippen molar-refractivity contribution in [3.63, 3.8) is 0 Å². The zero-order chi connectivity index (χ0) is 9.90. The zero-order valence-electron chi connectivity index (χ0n) is 8.11. The summed E-state index contributed by atoms with van der Waals surface area (Å²) < 4.78 is 5.27. The maximum absolute atomic E-state index is 10.8. The highest BCUT2D eigenvalue weighted by molar-refractivity contribution is 8.29. The Morgan fingerprint density at radius 3 is 2.23 bits per heavy atom. The number of hydrogen-bond donors (Lipinski definition) is 0. The highest BCUT2D eigenvalue weighted by Gasteiger charge is 2.17. The molecule has 1 rings (SSSR count). The summed E-state index contributed by atoms with van der Waals surface area (Å²) in [6.45, 7) is 1.44. The van der Waals surface area contributed by atoms with E-state index in [1.54, 1.807) is 0 Å². The maximum atomic E-state index is 10.8. The van der Waals surface area contributed by atoms with Crippen LogP contribution < -0.4 is 0 Å². The van der Waals surface area contributed by atoms with Gasteiger partial charge in [-0.15, -0.1) is 0 Å². The molecule has 0 saturated heterocycles. The minimum atomic E-state index is -1.41. The molecule has 1 aromatic carbocycles. The van der Waals surface area contributed by atoms with Crippen molar-refractivity contribution >= 4 is 16.3 Å². The van der Waals surface area contributed by atoms with Crippen LogP contribution in [0.2, 0.25) is 0 Å². The largest absolute Gasteiger partial charge is 0.412 e. The van der Waals surface area contributed by atoms with E-state index in [2.05, 4.69) is 0 Å². The molecule has 3 heteroatoms. The summed E-state index contributed by atoms with van der Waals surface area (Å²) in [5, 5.41) is 0. The molecule has 72 valence electrons. The fraction of sp³-hybridized carbons (Fsp3) is 0.300. The molecular weight excluding hydrogens is 184 g/mol. The van der Waals surface area contributed by atoms with Crippen LogP contribution in [-0.2, 0) is 8.98 Å². The topological polar surface area (TPSA) is 26.3 Å². The molecule has 0 fully saturated rings. The average molecular weight is 198 g/mol. The molecule has 0 amide bonds. The third kappa shape index (κ3) is 2.77. The summed E-state index contributed by atoms with van der Waals surface area (Å²) >= 11 is 0. The van der Waals surface area contributed by atoms with Gasteiger partial charge in [-0.25, -0.2) is 0 Å². The van der Waals surface area contributed by atoms with E-state index in [-0.39, 0.29) is 5.97 Å². The van der Waals surface area contributed by atoms with Crippen LogP contribution in [-0.4, -0.2) is 18.5 Å². The third-order valence-electron chi connectivity index (χ3n) is 1.64. The lowest BCUT2D eigenvalue weighted by molar-refractivity contribution is -0.130. The predicted octanol–water partition coefficient (Wildman–Crippen LogP) is 2.59. The molecule has 0 bridgehead atoms. The highest BCUT2D eigenvalue weighted by Crippen LogP contribution is 2.49. The number of carbonyl (C=O) groups is 1. The van der Waals surface area contributed by atoms with Crippen molar-refractivity contribution in [3.05, 3.63) is 30.3 Å². The van der Waals surface area contributed by atoms with Gasteiger partial charge in [-0.2, -0.15) is 0 Å². The minimum Gasteiger partial charge on any atom is -0.412 e. The fourth-order valence-electron chi connectivity index (χ4n) is 1.09. The molecule has 0 aromatic heterocycles. The van der Waals surface area contributed by atoms with Crippen molar-refractivity contribution in [1.29, 1.82) is 0 Å². The Balaban J connectivity index is 2.87. The zero-order valence-corrected chi connectivity index (χ0v) is 8.93. The molecule has 2 nitrogen and oxygen atoms in total. The minimum absolute atomic E-state index is 0.219. The van der Waals surface area contributed by atoms with Gasteiger partial charge >= 0.3 is 5.97 Å². The van der Waals surface area contributed by atoms with Crippen molar-refractivity contribution < 1.29 is 8.98 Å². The quantitative estimate of drug-likeness (QED) is 0.730. The van der Waals surface area contributed by atoms with Crippen molar-refractivity contribution in [2.45, 2.75) is 11.8 Å². The van der Waals surface area contributed by atoms with Crippen LogP contribution >= 0.6 is 10.3 Å². The first-order chi connectivity index (χ1) is 6.02. The Morgan fingerprint density at radius 2 is 1.77 bits per heavy atom. The summed E-state index contributed by atoms with van der Waals surface area (Å²) in [7, 11) is -1.41. The second-order valence-electron chi connectivity index (χ2n) is 3.12. The maximum Gasteiger partial charge on any atom is 0.313 e. The van der Waals surface area contributed by atoms with Gasteiger partial charge in [-0.3, -0.25) is 4.79 Å². The molecule has 0 heterocycles. The van der Waals surface area contributed by atoms with Crippen molar-refractivity contribution in [3.8, 4) is 0 Å². The summed E-state index contributed by atoms with van der Waals surface area (Å²) in [5.41, 5.74) is 0. The molecule has 1 aromatic rings. The second kappa shape index (κ2) is 3.83. The van der Waals surface area contributed by atoms with Gasteiger partial charge in [-0.05, 0) is 12.1 Å². The Bertz CT molecular complexity index is 293. The summed E-state index contributed by atoms with van der Waals surface area (Å²) in [6, 6.07) is 9.82. The normalized spacial score (nSPS) is 12.2. The van der Waals surface area contributed by atoms with Gasteiger partial charge < -0.3 is 4.18 Å². The van der Waals surface area contributed by atoms with Gasteiger partial charge in [0.05, 0.1) is 0 Å². The number of rotatable bonds is 2. The molecule has 0 unspecified atom stereocenters. The van der Waals surface area contributed by atoms with Gasteiger partial charge in [0.25, 0.3) is 0 Å². The first-order valence-electron chi connectivity index (χ1n) is 4.01. The summed E-state index contributed by atoms with van der Waals surface area (Å²) in [5.74, 6) is -0.219. The van der Waals surface area contributed by atoms with Crippen LogP contribution in [0.3, 0.4) is 0 Å². The van der Waals surface area contributed by atoms with Crippen molar-refractivity contribution in [2.75, 3.05) is 12.5 Å². The van der Waals surface area contributed by atoms with E-state index < -0.39 is 10.3 Å². The highest BCUT2D eigenvalue weighted by atomic mass is 32.3. The molecule has 0 aliphatic heterocycles. The monoisotopic (exact) mass is 198 g/mol. The number of hydrogen-bond acceptors (Lipinski definition) is 2. The Labute approximate surface area is 80.4 Å². The van der Waals surface area contributed by atoms with Gasteiger partial charge in [0, 0.05) is 24.3 Å². The second-order valence-corrected chi connectivity index (χ2v) is 6.23. The van der Waals surface area contributed by atoms with Crippen LogP contribution in [0.25, 0.3) is 0 Å². The van der Waals surface area contributed by atoms with E-state index in [1.807, 2.05) is 42.8 Å². The molecular formula is C10H14O2S.